The number of rotatable bonds is 5. The van der Waals surface area contributed by atoms with E-state index in [1.54, 1.807) is 6.92 Å². The van der Waals surface area contributed by atoms with Crippen LogP contribution in [0, 0.1) is 0 Å². The minimum atomic E-state index is 0.00870. The second-order valence-electron chi connectivity index (χ2n) is 5.35. The van der Waals surface area contributed by atoms with E-state index in [0.29, 0.717) is 11.3 Å². The van der Waals surface area contributed by atoms with Crippen LogP contribution in [0.3, 0.4) is 0 Å². The van der Waals surface area contributed by atoms with E-state index in [9.17, 15) is 9.59 Å². The molecular weight excluding hydrogens is 274 g/mol. The first-order valence-corrected chi connectivity index (χ1v) is 8.02. The molecule has 1 amide bonds. The maximum atomic E-state index is 12.7. The maximum Gasteiger partial charge on any atom is 0.267 e. The number of aromatic nitrogens is 2. The summed E-state index contributed by atoms with van der Waals surface area (Å²) in [6.45, 7) is 4.39. The van der Waals surface area contributed by atoms with Gasteiger partial charge in [0.25, 0.3) is 5.91 Å². The molecule has 1 aliphatic heterocycles. The second kappa shape index (κ2) is 6.92. The molecule has 0 aliphatic carbocycles. The van der Waals surface area contributed by atoms with Crippen LogP contribution in [-0.4, -0.2) is 38.8 Å². The molecule has 20 heavy (non-hydrogen) atoms. The van der Waals surface area contributed by atoms with Gasteiger partial charge in [-0.15, -0.1) is 5.10 Å². The Balaban J connectivity index is 2.16. The number of hydrogen-bond donors (Lipinski definition) is 0. The van der Waals surface area contributed by atoms with Crippen LogP contribution in [0.2, 0.25) is 0 Å². The zero-order valence-electron chi connectivity index (χ0n) is 12.1. The number of aryl methyl sites for hydroxylation is 1. The molecule has 1 atom stereocenters. The Morgan fingerprint density at radius 1 is 1.40 bits per heavy atom. The van der Waals surface area contributed by atoms with Crippen molar-refractivity contribution < 1.29 is 9.59 Å². The van der Waals surface area contributed by atoms with Crippen LogP contribution in [0.15, 0.2) is 0 Å². The van der Waals surface area contributed by atoms with Crippen LogP contribution in [0.1, 0.15) is 61.3 Å². The van der Waals surface area contributed by atoms with E-state index in [1.165, 1.54) is 11.5 Å². The van der Waals surface area contributed by atoms with Crippen molar-refractivity contribution in [2.75, 3.05) is 6.54 Å². The third-order valence-corrected chi connectivity index (χ3v) is 4.40. The number of carbonyl (C=O) groups excluding carboxylic acids is 2. The molecule has 1 saturated heterocycles. The molecular formula is C14H21N3O2S. The molecule has 6 heteroatoms. The Bertz CT molecular complexity index is 487. The van der Waals surface area contributed by atoms with Gasteiger partial charge in [0.1, 0.15) is 10.7 Å². The number of piperidine rings is 1. The molecule has 0 radical (unpaired) electrons. The molecule has 1 aromatic heterocycles. The zero-order valence-corrected chi connectivity index (χ0v) is 12.9. The Morgan fingerprint density at radius 2 is 2.20 bits per heavy atom. The summed E-state index contributed by atoms with van der Waals surface area (Å²) in [5.41, 5.74) is 0.801. The third kappa shape index (κ3) is 3.42. The smallest absolute Gasteiger partial charge is 0.267 e. The fourth-order valence-electron chi connectivity index (χ4n) is 2.71. The van der Waals surface area contributed by atoms with Gasteiger partial charge in [0.05, 0.1) is 5.69 Å². The summed E-state index contributed by atoms with van der Waals surface area (Å²) >= 11 is 1.17. The van der Waals surface area contributed by atoms with Crippen molar-refractivity contribution in [3.63, 3.8) is 0 Å². The first kappa shape index (κ1) is 15.1. The highest BCUT2D eigenvalue weighted by atomic mass is 32.1. The minimum absolute atomic E-state index is 0.00870. The highest BCUT2D eigenvalue weighted by Gasteiger charge is 2.30. The van der Waals surface area contributed by atoms with Crippen molar-refractivity contribution in [3.05, 3.63) is 10.6 Å². The summed E-state index contributed by atoms with van der Waals surface area (Å²) in [6, 6.07) is 0.0466. The molecule has 2 heterocycles. The van der Waals surface area contributed by atoms with Gasteiger partial charge in [-0.05, 0) is 44.1 Å². The lowest BCUT2D eigenvalue weighted by molar-refractivity contribution is -0.118. The average Bonchev–Trinajstić information content (AvgIpc) is 2.86. The van der Waals surface area contributed by atoms with Crippen molar-refractivity contribution >= 4 is 23.2 Å². The molecule has 0 N–H and O–H groups in total. The summed E-state index contributed by atoms with van der Waals surface area (Å²) in [4.78, 5) is 26.6. The molecule has 0 spiro atoms. The summed E-state index contributed by atoms with van der Waals surface area (Å²) in [5.74, 6) is 0.153. The molecule has 110 valence electrons. The van der Waals surface area contributed by atoms with Crippen LogP contribution in [0.4, 0.5) is 0 Å². The molecule has 0 bridgehead atoms. The fourth-order valence-corrected chi connectivity index (χ4v) is 3.38. The predicted octanol–water partition coefficient (Wildman–Crippen LogP) is 2.46. The van der Waals surface area contributed by atoms with Gasteiger partial charge in [-0.2, -0.15) is 0 Å². The molecule has 2 rings (SSSR count). The number of nitrogens with zero attached hydrogens (tertiary/aromatic N) is 3. The van der Waals surface area contributed by atoms with Crippen molar-refractivity contribution in [1.82, 2.24) is 14.5 Å². The first-order chi connectivity index (χ1) is 9.63. The van der Waals surface area contributed by atoms with E-state index in [1.807, 2.05) is 4.90 Å². The van der Waals surface area contributed by atoms with Crippen LogP contribution in [0.5, 0.6) is 0 Å². The Hall–Kier alpha value is -1.30. The van der Waals surface area contributed by atoms with Crippen LogP contribution < -0.4 is 0 Å². The molecule has 1 fully saturated rings. The monoisotopic (exact) mass is 295 g/mol. The van der Waals surface area contributed by atoms with Gasteiger partial charge < -0.3 is 4.90 Å². The lowest BCUT2D eigenvalue weighted by Gasteiger charge is -2.35. The predicted molar refractivity (Wildman–Crippen MR) is 77.9 cm³/mol. The molecule has 1 aromatic rings. The highest BCUT2D eigenvalue weighted by Crippen LogP contribution is 2.24. The van der Waals surface area contributed by atoms with Gasteiger partial charge in [-0.25, -0.2) is 0 Å². The van der Waals surface area contributed by atoms with Crippen LogP contribution in [0.25, 0.3) is 0 Å². The third-order valence-electron chi connectivity index (χ3n) is 3.65. The SMILES string of the molecule is CCCc1nnsc1C(=O)N1CCCCC1CC(C)=O. The normalized spacial score (nSPS) is 19.1. The number of hydrogen-bond acceptors (Lipinski definition) is 5. The number of carbonyl (C=O) groups is 2. The van der Waals surface area contributed by atoms with Crippen LogP contribution >= 0.6 is 11.5 Å². The number of likely N-dealkylation sites (tertiary alicyclic amines) is 1. The van der Waals surface area contributed by atoms with E-state index >= 15 is 0 Å². The van der Waals surface area contributed by atoms with Gasteiger partial charge in [0, 0.05) is 19.0 Å². The Labute approximate surface area is 123 Å². The maximum absolute atomic E-state index is 12.7. The zero-order chi connectivity index (χ0) is 14.5. The standard InChI is InChI=1S/C14H21N3O2S/c1-3-6-12-13(20-16-15-12)14(19)17-8-5-4-7-11(17)9-10(2)18/h11H,3-9H2,1-2H3. The van der Waals surface area contributed by atoms with Crippen molar-refractivity contribution in [2.24, 2.45) is 0 Å². The van der Waals surface area contributed by atoms with E-state index in [4.69, 9.17) is 0 Å². The van der Waals surface area contributed by atoms with E-state index in [-0.39, 0.29) is 17.7 Å². The Morgan fingerprint density at radius 3 is 2.90 bits per heavy atom. The highest BCUT2D eigenvalue weighted by molar-refractivity contribution is 7.08. The fraction of sp³-hybridized carbons (Fsp3) is 0.714. The summed E-state index contributed by atoms with van der Waals surface area (Å²) in [5, 5.41) is 4.06. The summed E-state index contributed by atoms with van der Waals surface area (Å²) in [7, 11) is 0. The molecule has 0 saturated carbocycles. The molecule has 1 aliphatic rings. The quantitative estimate of drug-likeness (QED) is 0.837. The largest absolute Gasteiger partial charge is 0.334 e. The van der Waals surface area contributed by atoms with E-state index < -0.39 is 0 Å². The van der Waals surface area contributed by atoms with Crippen molar-refractivity contribution in [1.29, 1.82) is 0 Å². The number of amides is 1. The summed E-state index contributed by atoms with van der Waals surface area (Å²) < 4.78 is 3.92. The minimum Gasteiger partial charge on any atom is -0.334 e. The Kier molecular flexibility index (Phi) is 5.23. The lowest BCUT2D eigenvalue weighted by Crippen LogP contribution is -2.44. The van der Waals surface area contributed by atoms with Crippen LogP contribution in [-0.2, 0) is 11.2 Å². The van der Waals surface area contributed by atoms with Gasteiger partial charge >= 0.3 is 0 Å². The molecule has 5 nitrogen and oxygen atoms in total. The lowest BCUT2D eigenvalue weighted by atomic mass is 9.97. The van der Waals surface area contributed by atoms with Gasteiger partial charge in [-0.3, -0.25) is 9.59 Å². The van der Waals surface area contributed by atoms with Gasteiger partial charge in [0.2, 0.25) is 0 Å². The topological polar surface area (TPSA) is 63.2 Å². The average molecular weight is 295 g/mol. The van der Waals surface area contributed by atoms with Crippen molar-refractivity contribution in [3.8, 4) is 0 Å². The van der Waals surface area contributed by atoms with E-state index in [0.717, 1.165) is 44.3 Å². The number of ketones is 1. The molecule has 1 unspecified atom stereocenters. The summed E-state index contributed by atoms with van der Waals surface area (Å²) in [6.07, 6.45) is 5.20. The van der Waals surface area contributed by atoms with E-state index in [2.05, 4.69) is 16.5 Å². The molecule has 0 aromatic carbocycles. The van der Waals surface area contributed by atoms with Gasteiger partial charge in [0.15, 0.2) is 0 Å². The first-order valence-electron chi connectivity index (χ1n) is 7.25. The second-order valence-corrected chi connectivity index (χ2v) is 6.11. The van der Waals surface area contributed by atoms with Gasteiger partial charge in [-0.1, -0.05) is 17.8 Å². The van der Waals surface area contributed by atoms with Crippen molar-refractivity contribution in [2.45, 2.75) is 58.4 Å². The number of Topliss-reactive ketones (excluding diaryl/α,β-unsaturated/α-hetero) is 1.